The molecule has 0 aliphatic heterocycles. The molecule has 0 atom stereocenters. The molecule has 1 aromatic heterocycles. The van der Waals surface area contributed by atoms with Crippen LogP contribution >= 0.6 is 15.9 Å². The van der Waals surface area contributed by atoms with Crippen LogP contribution in [-0.4, -0.2) is 34.5 Å². The summed E-state index contributed by atoms with van der Waals surface area (Å²) in [6.07, 6.45) is 6.08. The summed E-state index contributed by atoms with van der Waals surface area (Å²) >= 11 is 3.62. The summed E-state index contributed by atoms with van der Waals surface area (Å²) < 4.78 is 5.56. The molecular formula is C13H20BrN3O. The number of hydrogen-bond donors (Lipinski definition) is 0. The van der Waals surface area contributed by atoms with E-state index in [2.05, 4.69) is 37.8 Å². The molecule has 0 N–H and O–H groups in total. The van der Waals surface area contributed by atoms with Gasteiger partial charge in [0.05, 0.1) is 18.5 Å². The van der Waals surface area contributed by atoms with Gasteiger partial charge in [0, 0.05) is 18.4 Å². The van der Waals surface area contributed by atoms with E-state index in [9.17, 15) is 0 Å². The van der Waals surface area contributed by atoms with Gasteiger partial charge < -0.3 is 9.64 Å². The first-order valence-electron chi connectivity index (χ1n) is 6.38. The van der Waals surface area contributed by atoms with Gasteiger partial charge in [0.2, 0.25) is 5.88 Å². The van der Waals surface area contributed by atoms with Crippen molar-refractivity contribution >= 4 is 21.7 Å². The summed E-state index contributed by atoms with van der Waals surface area (Å²) in [6, 6.07) is 0. The van der Waals surface area contributed by atoms with E-state index in [1.54, 1.807) is 12.4 Å². The van der Waals surface area contributed by atoms with Crippen LogP contribution in [0.2, 0.25) is 0 Å². The first-order chi connectivity index (χ1) is 8.54. The Morgan fingerprint density at radius 2 is 2.17 bits per heavy atom. The van der Waals surface area contributed by atoms with Gasteiger partial charge in [-0.05, 0) is 32.6 Å². The Morgan fingerprint density at radius 3 is 2.78 bits per heavy atom. The van der Waals surface area contributed by atoms with Crippen LogP contribution in [0.4, 0.5) is 5.82 Å². The quantitative estimate of drug-likeness (QED) is 0.783. The molecule has 18 heavy (non-hydrogen) atoms. The number of halogens is 1. The molecule has 100 valence electrons. The Bertz CT molecular complexity index is 394. The Labute approximate surface area is 117 Å². The number of hydrogen-bond acceptors (Lipinski definition) is 4. The lowest BCUT2D eigenvalue weighted by molar-refractivity contribution is 0.231. The number of aromatic nitrogens is 2. The number of alkyl halides is 1. The van der Waals surface area contributed by atoms with Gasteiger partial charge in [-0.1, -0.05) is 15.9 Å². The third-order valence-electron chi connectivity index (χ3n) is 3.06. The zero-order chi connectivity index (χ0) is 13.1. The molecule has 0 aromatic carbocycles. The molecule has 1 heterocycles. The van der Waals surface area contributed by atoms with Gasteiger partial charge in [-0.25, -0.2) is 0 Å². The molecule has 0 saturated heterocycles. The van der Waals surface area contributed by atoms with E-state index in [-0.39, 0.29) is 6.10 Å². The van der Waals surface area contributed by atoms with E-state index in [4.69, 9.17) is 4.74 Å². The van der Waals surface area contributed by atoms with Crippen LogP contribution in [0.25, 0.3) is 0 Å². The second kappa shape index (κ2) is 5.87. The summed E-state index contributed by atoms with van der Waals surface area (Å²) in [6.45, 7) is 5.01. The number of ether oxygens (including phenoxy) is 1. The van der Waals surface area contributed by atoms with Crippen LogP contribution < -0.4 is 9.64 Å². The number of rotatable bonds is 5. The zero-order valence-corrected chi connectivity index (χ0v) is 12.7. The maximum atomic E-state index is 5.56. The van der Waals surface area contributed by atoms with Gasteiger partial charge >= 0.3 is 0 Å². The Hall–Kier alpha value is -0.840. The van der Waals surface area contributed by atoms with E-state index in [1.165, 1.54) is 12.8 Å². The highest BCUT2D eigenvalue weighted by atomic mass is 79.9. The summed E-state index contributed by atoms with van der Waals surface area (Å²) in [7, 11) is 2.06. The SMILES string of the molecule is CC(C)Oc1cncc(N(C)CC2CC(Br)C2)n1. The predicted octanol–water partition coefficient (Wildman–Crippen LogP) is 2.87. The Kier molecular flexibility index (Phi) is 4.43. The first-order valence-corrected chi connectivity index (χ1v) is 7.30. The molecular weight excluding hydrogens is 294 g/mol. The fourth-order valence-corrected chi connectivity index (χ4v) is 3.16. The van der Waals surface area contributed by atoms with E-state index in [0.717, 1.165) is 18.3 Å². The molecule has 4 nitrogen and oxygen atoms in total. The molecule has 0 amide bonds. The lowest BCUT2D eigenvalue weighted by Gasteiger charge is -2.34. The molecule has 0 unspecified atom stereocenters. The summed E-state index contributed by atoms with van der Waals surface area (Å²) in [5.41, 5.74) is 0. The summed E-state index contributed by atoms with van der Waals surface area (Å²) in [4.78, 5) is 11.5. The lowest BCUT2D eigenvalue weighted by Crippen LogP contribution is -2.35. The minimum atomic E-state index is 0.126. The standard InChI is InChI=1S/C13H20BrN3O/c1-9(2)18-13-7-15-6-12(16-13)17(3)8-10-4-11(14)5-10/h6-7,9-11H,4-5,8H2,1-3H3. The molecule has 0 spiro atoms. The van der Waals surface area contributed by atoms with Crippen molar-refractivity contribution in [1.29, 1.82) is 0 Å². The minimum Gasteiger partial charge on any atom is -0.474 e. The molecule has 1 fully saturated rings. The molecule has 0 radical (unpaired) electrons. The van der Waals surface area contributed by atoms with Gasteiger partial charge in [-0.3, -0.25) is 4.98 Å². The molecule has 5 heteroatoms. The van der Waals surface area contributed by atoms with Crippen molar-refractivity contribution in [2.24, 2.45) is 5.92 Å². The molecule has 1 aliphatic rings. The lowest BCUT2D eigenvalue weighted by atomic mass is 9.85. The van der Waals surface area contributed by atoms with Gasteiger partial charge in [-0.15, -0.1) is 0 Å². The average Bonchev–Trinajstić information content (AvgIpc) is 2.26. The van der Waals surface area contributed by atoms with Gasteiger partial charge in [-0.2, -0.15) is 4.98 Å². The van der Waals surface area contributed by atoms with Crippen LogP contribution in [0, 0.1) is 5.92 Å². The van der Waals surface area contributed by atoms with Crippen molar-refractivity contribution in [1.82, 2.24) is 9.97 Å². The van der Waals surface area contributed by atoms with Crippen molar-refractivity contribution in [2.75, 3.05) is 18.5 Å². The van der Waals surface area contributed by atoms with Gasteiger partial charge in [0.15, 0.2) is 5.82 Å². The average molecular weight is 314 g/mol. The van der Waals surface area contributed by atoms with Crippen molar-refractivity contribution in [3.8, 4) is 5.88 Å². The zero-order valence-electron chi connectivity index (χ0n) is 11.1. The third-order valence-corrected chi connectivity index (χ3v) is 3.81. The van der Waals surface area contributed by atoms with Crippen LogP contribution in [0.1, 0.15) is 26.7 Å². The van der Waals surface area contributed by atoms with Crippen LogP contribution in [0.5, 0.6) is 5.88 Å². The maximum Gasteiger partial charge on any atom is 0.234 e. The maximum absolute atomic E-state index is 5.56. The summed E-state index contributed by atoms with van der Waals surface area (Å²) in [5, 5.41) is 0. The highest BCUT2D eigenvalue weighted by molar-refractivity contribution is 9.09. The van der Waals surface area contributed by atoms with Crippen LogP contribution in [0.3, 0.4) is 0 Å². The normalized spacial score (nSPS) is 22.7. The highest BCUT2D eigenvalue weighted by Crippen LogP contribution is 2.34. The topological polar surface area (TPSA) is 38.2 Å². The van der Waals surface area contributed by atoms with Crippen molar-refractivity contribution < 1.29 is 4.74 Å². The van der Waals surface area contributed by atoms with Gasteiger partial charge in [0.1, 0.15) is 0 Å². The number of nitrogens with zero attached hydrogens (tertiary/aromatic N) is 3. The largest absolute Gasteiger partial charge is 0.474 e. The van der Waals surface area contributed by atoms with E-state index >= 15 is 0 Å². The van der Waals surface area contributed by atoms with Crippen LogP contribution in [-0.2, 0) is 0 Å². The van der Waals surface area contributed by atoms with E-state index < -0.39 is 0 Å². The Balaban J connectivity index is 1.94. The minimum absolute atomic E-state index is 0.126. The van der Waals surface area contributed by atoms with E-state index in [1.807, 2.05) is 13.8 Å². The fourth-order valence-electron chi connectivity index (χ4n) is 2.10. The molecule has 1 aromatic rings. The second-order valence-corrected chi connectivity index (χ2v) is 6.49. The second-order valence-electron chi connectivity index (χ2n) is 5.20. The molecule has 2 rings (SSSR count). The van der Waals surface area contributed by atoms with Crippen LogP contribution in [0.15, 0.2) is 12.4 Å². The monoisotopic (exact) mass is 313 g/mol. The Morgan fingerprint density at radius 1 is 1.44 bits per heavy atom. The summed E-state index contributed by atoms with van der Waals surface area (Å²) in [5.74, 6) is 2.24. The van der Waals surface area contributed by atoms with Crippen molar-refractivity contribution in [3.05, 3.63) is 12.4 Å². The third kappa shape index (κ3) is 3.57. The van der Waals surface area contributed by atoms with Gasteiger partial charge in [0.25, 0.3) is 0 Å². The highest BCUT2D eigenvalue weighted by Gasteiger charge is 2.28. The fraction of sp³-hybridized carbons (Fsp3) is 0.692. The van der Waals surface area contributed by atoms with Crippen molar-refractivity contribution in [2.45, 2.75) is 37.6 Å². The van der Waals surface area contributed by atoms with Crippen molar-refractivity contribution in [3.63, 3.8) is 0 Å². The smallest absolute Gasteiger partial charge is 0.234 e. The molecule has 1 aliphatic carbocycles. The predicted molar refractivity (Wildman–Crippen MR) is 76.5 cm³/mol. The number of anilines is 1. The van der Waals surface area contributed by atoms with E-state index in [0.29, 0.717) is 10.7 Å². The molecule has 0 bridgehead atoms. The first kappa shape index (κ1) is 13.6. The molecule has 1 saturated carbocycles.